The third-order valence-electron chi connectivity index (χ3n) is 2.57. The molecule has 18 heavy (non-hydrogen) atoms. The molecule has 1 aromatic heterocycles. The van der Waals surface area contributed by atoms with Gasteiger partial charge in [0, 0.05) is 19.1 Å². The first-order valence-electron chi connectivity index (χ1n) is 6.05. The lowest BCUT2D eigenvalue weighted by molar-refractivity contribution is 0.117. The third-order valence-corrected chi connectivity index (χ3v) is 2.57. The van der Waals surface area contributed by atoms with Gasteiger partial charge in [-0.3, -0.25) is 0 Å². The van der Waals surface area contributed by atoms with E-state index in [9.17, 15) is 4.79 Å². The monoisotopic (exact) mass is 244 g/mol. The maximum Gasteiger partial charge on any atom is 0.335 e. The van der Waals surface area contributed by atoms with Gasteiger partial charge in [0.1, 0.15) is 5.76 Å². The zero-order valence-corrected chi connectivity index (χ0v) is 10.2. The molecule has 3 nitrogen and oxygen atoms in total. The van der Waals surface area contributed by atoms with Crippen molar-refractivity contribution >= 4 is 0 Å². The SMILES string of the molecule is O=c1cccc(CCCOCc2ccccc2)o1. The normalized spacial score (nSPS) is 10.4. The van der Waals surface area contributed by atoms with Crippen LogP contribution in [0.4, 0.5) is 0 Å². The van der Waals surface area contributed by atoms with Crippen LogP contribution in [0.15, 0.2) is 57.7 Å². The van der Waals surface area contributed by atoms with Gasteiger partial charge in [0.2, 0.25) is 0 Å². The van der Waals surface area contributed by atoms with Gasteiger partial charge >= 0.3 is 5.63 Å². The highest BCUT2D eigenvalue weighted by atomic mass is 16.5. The molecule has 0 saturated heterocycles. The summed E-state index contributed by atoms with van der Waals surface area (Å²) >= 11 is 0. The van der Waals surface area contributed by atoms with Crippen molar-refractivity contribution in [3.8, 4) is 0 Å². The predicted octanol–water partition coefficient (Wildman–Crippen LogP) is 2.79. The molecule has 0 fully saturated rings. The first-order chi connectivity index (χ1) is 8.84. The van der Waals surface area contributed by atoms with E-state index in [1.165, 1.54) is 11.6 Å². The van der Waals surface area contributed by atoms with Crippen molar-refractivity contribution in [1.29, 1.82) is 0 Å². The van der Waals surface area contributed by atoms with Gasteiger partial charge < -0.3 is 9.15 Å². The Hall–Kier alpha value is -1.87. The molecule has 0 aliphatic rings. The molecule has 0 N–H and O–H groups in total. The molecule has 0 aliphatic heterocycles. The highest BCUT2D eigenvalue weighted by Gasteiger charge is 1.97. The Kier molecular flexibility index (Phi) is 4.73. The van der Waals surface area contributed by atoms with Crippen LogP contribution in [0.3, 0.4) is 0 Å². The van der Waals surface area contributed by atoms with E-state index in [0.717, 1.165) is 12.8 Å². The van der Waals surface area contributed by atoms with Crippen LogP contribution in [0.5, 0.6) is 0 Å². The average molecular weight is 244 g/mol. The minimum absolute atomic E-state index is 0.294. The maximum absolute atomic E-state index is 11.0. The number of hydrogen-bond acceptors (Lipinski definition) is 3. The van der Waals surface area contributed by atoms with Gasteiger partial charge in [0.15, 0.2) is 0 Å². The van der Waals surface area contributed by atoms with Crippen molar-refractivity contribution in [2.45, 2.75) is 19.4 Å². The lowest BCUT2D eigenvalue weighted by Crippen LogP contribution is -2.01. The molecule has 1 aromatic carbocycles. The number of hydrogen-bond donors (Lipinski definition) is 0. The molecule has 0 aliphatic carbocycles. The number of benzene rings is 1. The summed E-state index contributed by atoms with van der Waals surface area (Å²) in [5, 5.41) is 0. The van der Waals surface area contributed by atoms with Gasteiger partial charge in [-0.2, -0.15) is 0 Å². The van der Waals surface area contributed by atoms with Crippen LogP contribution < -0.4 is 5.63 Å². The Bertz CT molecular complexity index is 517. The lowest BCUT2D eigenvalue weighted by Gasteiger charge is -2.03. The van der Waals surface area contributed by atoms with E-state index < -0.39 is 0 Å². The Balaban J connectivity index is 1.66. The molecule has 1 heterocycles. The summed E-state index contributed by atoms with van der Waals surface area (Å²) in [6.07, 6.45) is 1.57. The summed E-state index contributed by atoms with van der Waals surface area (Å²) in [6.45, 7) is 1.28. The van der Waals surface area contributed by atoms with E-state index >= 15 is 0 Å². The summed E-state index contributed by atoms with van der Waals surface area (Å²) in [7, 11) is 0. The van der Waals surface area contributed by atoms with Gasteiger partial charge in [0.25, 0.3) is 0 Å². The fourth-order valence-electron chi connectivity index (χ4n) is 1.68. The largest absolute Gasteiger partial charge is 0.428 e. The van der Waals surface area contributed by atoms with Crippen LogP contribution in [0.25, 0.3) is 0 Å². The van der Waals surface area contributed by atoms with Crippen LogP contribution in [0.2, 0.25) is 0 Å². The van der Waals surface area contributed by atoms with E-state index in [1.807, 2.05) is 36.4 Å². The van der Waals surface area contributed by atoms with E-state index in [0.29, 0.717) is 19.0 Å². The molecule has 3 heteroatoms. The minimum Gasteiger partial charge on any atom is -0.428 e. The lowest BCUT2D eigenvalue weighted by atomic mass is 10.2. The second-order valence-electron chi connectivity index (χ2n) is 4.05. The first kappa shape index (κ1) is 12.6. The zero-order chi connectivity index (χ0) is 12.6. The summed E-state index contributed by atoms with van der Waals surface area (Å²) in [4.78, 5) is 11.0. The van der Waals surface area contributed by atoms with Crippen LogP contribution in [-0.4, -0.2) is 6.61 Å². The van der Waals surface area contributed by atoms with E-state index in [4.69, 9.17) is 9.15 Å². The van der Waals surface area contributed by atoms with Crippen molar-refractivity contribution < 1.29 is 9.15 Å². The van der Waals surface area contributed by atoms with Gasteiger partial charge in [-0.05, 0) is 18.1 Å². The topological polar surface area (TPSA) is 39.4 Å². The van der Waals surface area contributed by atoms with Crippen LogP contribution in [0.1, 0.15) is 17.7 Å². The molecule has 0 amide bonds. The highest BCUT2D eigenvalue weighted by molar-refractivity contribution is 5.13. The molecule has 94 valence electrons. The summed E-state index contributed by atoms with van der Waals surface area (Å²) in [5.41, 5.74) is 0.876. The number of aryl methyl sites for hydroxylation is 1. The fourth-order valence-corrected chi connectivity index (χ4v) is 1.68. The van der Waals surface area contributed by atoms with Crippen molar-refractivity contribution in [2.24, 2.45) is 0 Å². The summed E-state index contributed by atoms with van der Waals surface area (Å²) < 4.78 is 10.6. The van der Waals surface area contributed by atoms with Gasteiger partial charge in [-0.15, -0.1) is 0 Å². The Morgan fingerprint density at radius 1 is 1.00 bits per heavy atom. The van der Waals surface area contributed by atoms with Crippen LogP contribution >= 0.6 is 0 Å². The van der Waals surface area contributed by atoms with Gasteiger partial charge in [-0.1, -0.05) is 36.4 Å². The summed E-state index contributed by atoms with van der Waals surface area (Å²) in [6, 6.07) is 15.0. The standard InChI is InChI=1S/C15H16O3/c16-15-10-4-8-14(18-15)9-5-11-17-12-13-6-2-1-3-7-13/h1-4,6-8,10H,5,9,11-12H2. The van der Waals surface area contributed by atoms with Crippen LogP contribution in [-0.2, 0) is 17.8 Å². The Morgan fingerprint density at radius 3 is 2.61 bits per heavy atom. The minimum atomic E-state index is -0.294. The average Bonchev–Trinajstić information content (AvgIpc) is 2.40. The Labute approximate surface area is 106 Å². The number of ether oxygens (including phenoxy) is 1. The van der Waals surface area contributed by atoms with E-state index in [1.54, 1.807) is 6.07 Å². The van der Waals surface area contributed by atoms with E-state index in [-0.39, 0.29) is 5.63 Å². The van der Waals surface area contributed by atoms with Crippen LogP contribution in [0, 0.1) is 0 Å². The predicted molar refractivity (Wildman–Crippen MR) is 69.4 cm³/mol. The number of rotatable bonds is 6. The molecule has 0 atom stereocenters. The van der Waals surface area contributed by atoms with Crippen molar-refractivity contribution in [3.05, 3.63) is 70.3 Å². The van der Waals surface area contributed by atoms with E-state index in [2.05, 4.69) is 0 Å². The summed E-state index contributed by atoms with van der Waals surface area (Å²) in [5.74, 6) is 0.714. The van der Waals surface area contributed by atoms with Crippen molar-refractivity contribution in [2.75, 3.05) is 6.61 Å². The maximum atomic E-state index is 11.0. The molecule has 0 radical (unpaired) electrons. The van der Waals surface area contributed by atoms with Gasteiger partial charge in [0.05, 0.1) is 6.61 Å². The molecule has 0 saturated carbocycles. The molecule has 2 aromatic rings. The Morgan fingerprint density at radius 2 is 1.83 bits per heavy atom. The highest BCUT2D eigenvalue weighted by Crippen LogP contribution is 2.03. The van der Waals surface area contributed by atoms with Gasteiger partial charge in [-0.25, -0.2) is 4.79 Å². The smallest absolute Gasteiger partial charge is 0.335 e. The molecular weight excluding hydrogens is 228 g/mol. The van der Waals surface area contributed by atoms with Crippen molar-refractivity contribution in [3.63, 3.8) is 0 Å². The molecule has 2 rings (SSSR count). The molecule has 0 bridgehead atoms. The second kappa shape index (κ2) is 6.77. The quantitative estimate of drug-likeness (QED) is 0.733. The van der Waals surface area contributed by atoms with Crippen molar-refractivity contribution in [1.82, 2.24) is 0 Å². The zero-order valence-electron chi connectivity index (χ0n) is 10.2. The fraction of sp³-hybridized carbons (Fsp3) is 0.267. The molecule has 0 spiro atoms. The second-order valence-corrected chi connectivity index (χ2v) is 4.05. The first-order valence-corrected chi connectivity index (χ1v) is 6.05. The molecular formula is C15H16O3. The third kappa shape index (κ3) is 4.18. The molecule has 0 unspecified atom stereocenters.